The Morgan fingerprint density at radius 1 is 0.339 bits per heavy atom. The molecule has 350 valence electrons. The molecule has 59 heavy (non-hydrogen) atoms. The molecule has 0 heterocycles. The van der Waals surface area contributed by atoms with Gasteiger partial charge in [-0.1, -0.05) is 259 Å². The number of ether oxygens (including phenoxy) is 3. The van der Waals surface area contributed by atoms with Crippen LogP contribution in [0.1, 0.15) is 297 Å². The molecule has 0 radical (unpaired) electrons. The molecular formula is C53H102O6. The molecule has 0 aromatic rings. The molecule has 2 atom stereocenters. The highest BCUT2D eigenvalue weighted by Gasteiger charge is 2.19. The normalized spacial score (nSPS) is 12.4. The van der Waals surface area contributed by atoms with Crippen LogP contribution in [-0.4, -0.2) is 37.2 Å². The van der Waals surface area contributed by atoms with E-state index in [1.54, 1.807) is 0 Å². The molecule has 0 aliphatic carbocycles. The topological polar surface area (TPSA) is 78.9 Å². The second kappa shape index (κ2) is 47.5. The van der Waals surface area contributed by atoms with E-state index in [1.165, 1.54) is 193 Å². The highest BCUT2D eigenvalue weighted by molar-refractivity contribution is 5.71. The zero-order chi connectivity index (χ0) is 43.1. The monoisotopic (exact) mass is 835 g/mol. The summed E-state index contributed by atoms with van der Waals surface area (Å²) in [7, 11) is 0. The molecule has 0 aromatic carbocycles. The van der Waals surface area contributed by atoms with E-state index in [2.05, 4.69) is 27.7 Å². The van der Waals surface area contributed by atoms with E-state index in [9.17, 15) is 14.4 Å². The Bertz CT molecular complexity index is 889. The van der Waals surface area contributed by atoms with Gasteiger partial charge < -0.3 is 14.2 Å². The largest absolute Gasteiger partial charge is 0.462 e. The summed E-state index contributed by atoms with van der Waals surface area (Å²) in [6.45, 7) is 9.06. The van der Waals surface area contributed by atoms with E-state index >= 15 is 0 Å². The summed E-state index contributed by atoms with van der Waals surface area (Å²) in [5.74, 6) is 0.0517. The van der Waals surface area contributed by atoms with Crippen LogP contribution in [0.5, 0.6) is 0 Å². The molecule has 6 nitrogen and oxygen atoms in total. The third-order valence-electron chi connectivity index (χ3n) is 12.4. The van der Waals surface area contributed by atoms with Crippen LogP contribution >= 0.6 is 0 Å². The highest BCUT2D eigenvalue weighted by Crippen LogP contribution is 2.18. The van der Waals surface area contributed by atoms with E-state index in [-0.39, 0.29) is 31.1 Å². The van der Waals surface area contributed by atoms with Crippen molar-refractivity contribution in [1.29, 1.82) is 0 Å². The van der Waals surface area contributed by atoms with Gasteiger partial charge in [0, 0.05) is 19.3 Å². The third-order valence-corrected chi connectivity index (χ3v) is 12.4. The number of carbonyl (C=O) groups excluding carboxylic acids is 3. The van der Waals surface area contributed by atoms with Crippen molar-refractivity contribution in [2.75, 3.05) is 13.2 Å². The minimum Gasteiger partial charge on any atom is -0.462 e. The van der Waals surface area contributed by atoms with Gasteiger partial charge in [0.2, 0.25) is 0 Å². The van der Waals surface area contributed by atoms with Gasteiger partial charge in [0.1, 0.15) is 13.2 Å². The number of carbonyl (C=O) groups is 3. The maximum atomic E-state index is 12.8. The lowest BCUT2D eigenvalue weighted by Gasteiger charge is -2.18. The molecule has 0 aliphatic rings. The summed E-state index contributed by atoms with van der Waals surface area (Å²) < 4.78 is 16.8. The van der Waals surface area contributed by atoms with Crippen LogP contribution in [0.4, 0.5) is 0 Å². The molecule has 0 amide bonds. The Hall–Kier alpha value is -1.59. The molecule has 0 aliphatic heterocycles. The first-order valence-electron chi connectivity index (χ1n) is 26.4. The molecule has 0 aromatic heterocycles. The Balaban J connectivity index is 4.25. The standard InChI is InChI=1S/C53H102O6/c1-5-8-10-12-14-16-18-21-26-30-34-38-42-46-53(56)59-50(47-57-51(54)44-40-36-32-28-17-15-13-11-9-6-2)48-58-52(55)45-41-37-33-29-25-23-20-19-22-24-27-31-35-39-43-49(4)7-3/h49-50H,5-48H2,1-4H3/t49?,50-/m1/s1. The summed E-state index contributed by atoms with van der Waals surface area (Å²) in [4.78, 5) is 37.9. The van der Waals surface area contributed by atoms with Crippen LogP contribution in [-0.2, 0) is 28.6 Å². The van der Waals surface area contributed by atoms with E-state index in [0.29, 0.717) is 19.3 Å². The lowest BCUT2D eigenvalue weighted by molar-refractivity contribution is -0.167. The maximum Gasteiger partial charge on any atom is 0.306 e. The van der Waals surface area contributed by atoms with Crippen molar-refractivity contribution >= 4 is 17.9 Å². The minimum absolute atomic E-state index is 0.0626. The summed E-state index contributed by atoms with van der Waals surface area (Å²) in [6.07, 6.45) is 49.4. The lowest BCUT2D eigenvalue weighted by Crippen LogP contribution is -2.30. The van der Waals surface area contributed by atoms with Gasteiger partial charge >= 0.3 is 17.9 Å². The Morgan fingerprint density at radius 2 is 0.593 bits per heavy atom. The summed E-state index contributed by atoms with van der Waals surface area (Å²) in [5, 5.41) is 0. The Morgan fingerprint density at radius 3 is 0.881 bits per heavy atom. The summed E-state index contributed by atoms with van der Waals surface area (Å²) >= 11 is 0. The van der Waals surface area contributed by atoms with Gasteiger partial charge in [-0.15, -0.1) is 0 Å². The van der Waals surface area contributed by atoms with Crippen LogP contribution in [0.25, 0.3) is 0 Å². The predicted octanol–water partition coefficient (Wildman–Crippen LogP) is 17.1. The zero-order valence-electron chi connectivity index (χ0n) is 40.2. The predicted molar refractivity (Wildman–Crippen MR) is 252 cm³/mol. The maximum absolute atomic E-state index is 12.8. The van der Waals surface area contributed by atoms with Crippen molar-refractivity contribution in [1.82, 2.24) is 0 Å². The van der Waals surface area contributed by atoms with Gasteiger partial charge in [-0.05, 0) is 25.2 Å². The van der Waals surface area contributed by atoms with Gasteiger partial charge in [-0.2, -0.15) is 0 Å². The average Bonchev–Trinajstić information content (AvgIpc) is 3.23. The van der Waals surface area contributed by atoms with Gasteiger partial charge in [-0.3, -0.25) is 14.4 Å². The summed E-state index contributed by atoms with van der Waals surface area (Å²) in [6, 6.07) is 0. The fourth-order valence-corrected chi connectivity index (χ4v) is 8.01. The molecule has 6 heteroatoms. The van der Waals surface area contributed by atoms with Crippen LogP contribution < -0.4 is 0 Å². The van der Waals surface area contributed by atoms with Crippen LogP contribution in [0.2, 0.25) is 0 Å². The van der Waals surface area contributed by atoms with Crippen LogP contribution in [0.3, 0.4) is 0 Å². The average molecular weight is 835 g/mol. The summed E-state index contributed by atoms with van der Waals surface area (Å²) in [5.41, 5.74) is 0. The number of hydrogen-bond acceptors (Lipinski definition) is 6. The van der Waals surface area contributed by atoms with Gasteiger partial charge in [0.15, 0.2) is 6.10 Å². The van der Waals surface area contributed by atoms with Crippen molar-refractivity contribution in [3.8, 4) is 0 Å². The number of hydrogen-bond donors (Lipinski definition) is 0. The highest BCUT2D eigenvalue weighted by atomic mass is 16.6. The first-order chi connectivity index (χ1) is 28.9. The van der Waals surface area contributed by atoms with Crippen molar-refractivity contribution in [2.24, 2.45) is 5.92 Å². The second-order valence-corrected chi connectivity index (χ2v) is 18.4. The smallest absolute Gasteiger partial charge is 0.306 e. The second-order valence-electron chi connectivity index (χ2n) is 18.4. The van der Waals surface area contributed by atoms with Crippen molar-refractivity contribution < 1.29 is 28.6 Å². The fourth-order valence-electron chi connectivity index (χ4n) is 8.01. The van der Waals surface area contributed by atoms with E-state index in [4.69, 9.17) is 14.2 Å². The van der Waals surface area contributed by atoms with Crippen LogP contribution in [0, 0.1) is 5.92 Å². The quantitative estimate of drug-likeness (QED) is 0.0345. The molecule has 0 spiro atoms. The lowest BCUT2D eigenvalue weighted by atomic mass is 9.99. The Labute approximate surface area is 368 Å². The molecule has 0 rings (SSSR count). The third kappa shape index (κ3) is 45.8. The molecular weight excluding hydrogens is 733 g/mol. The molecule has 0 saturated carbocycles. The van der Waals surface area contributed by atoms with Gasteiger partial charge in [0.25, 0.3) is 0 Å². The Kier molecular flexibility index (Phi) is 46.2. The first kappa shape index (κ1) is 57.4. The molecule has 0 N–H and O–H groups in total. The number of rotatable bonds is 48. The van der Waals surface area contributed by atoms with E-state index in [1.807, 2.05) is 0 Å². The van der Waals surface area contributed by atoms with E-state index in [0.717, 1.165) is 63.7 Å². The van der Waals surface area contributed by atoms with Crippen molar-refractivity contribution in [3.05, 3.63) is 0 Å². The number of unbranched alkanes of at least 4 members (excludes halogenated alkanes) is 34. The fraction of sp³-hybridized carbons (Fsp3) is 0.943. The zero-order valence-corrected chi connectivity index (χ0v) is 40.2. The molecule has 0 bridgehead atoms. The van der Waals surface area contributed by atoms with Gasteiger partial charge in [0.05, 0.1) is 0 Å². The molecule has 1 unspecified atom stereocenters. The van der Waals surface area contributed by atoms with Crippen LogP contribution in [0.15, 0.2) is 0 Å². The van der Waals surface area contributed by atoms with Crippen molar-refractivity contribution in [3.63, 3.8) is 0 Å². The molecule has 0 fully saturated rings. The first-order valence-corrected chi connectivity index (χ1v) is 26.4. The minimum atomic E-state index is -0.760. The number of esters is 3. The van der Waals surface area contributed by atoms with Gasteiger partial charge in [-0.25, -0.2) is 0 Å². The molecule has 0 saturated heterocycles. The SMILES string of the molecule is CCCCCCCCCCCCCCCC(=O)O[C@H](COC(=O)CCCCCCCCCCCC)COC(=O)CCCCCCCCCCCCCCCCC(C)CC. The van der Waals surface area contributed by atoms with E-state index < -0.39 is 6.10 Å². The van der Waals surface area contributed by atoms with Crippen molar-refractivity contribution in [2.45, 2.75) is 303 Å².